The Labute approximate surface area is 138 Å². The van der Waals surface area contributed by atoms with E-state index >= 15 is 0 Å². The fourth-order valence-corrected chi connectivity index (χ4v) is 2.81. The predicted molar refractivity (Wildman–Crippen MR) is 93.2 cm³/mol. The SMILES string of the molecule is COCCNc1ncc(-c2ccc(Nc3ncccn3)cc2)s1. The van der Waals surface area contributed by atoms with E-state index in [4.69, 9.17) is 4.74 Å². The van der Waals surface area contributed by atoms with Gasteiger partial charge in [0.2, 0.25) is 5.95 Å². The smallest absolute Gasteiger partial charge is 0.227 e. The molecule has 7 heteroatoms. The molecule has 2 heterocycles. The van der Waals surface area contributed by atoms with Crippen molar-refractivity contribution >= 4 is 28.1 Å². The van der Waals surface area contributed by atoms with E-state index in [9.17, 15) is 0 Å². The van der Waals surface area contributed by atoms with Gasteiger partial charge in [0.25, 0.3) is 0 Å². The van der Waals surface area contributed by atoms with E-state index in [2.05, 4.69) is 37.7 Å². The molecule has 0 amide bonds. The van der Waals surface area contributed by atoms with Crippen LogP contribution in [0.15, 0.2) is 48.9 Å². The minimum atomic E-state index is 0.586. The summed E-state index contributed by atoms with van der Waals surface area (Å²) in [5.41, 5.74) is 2.07. The molecule has 0 radical (unpaired) electrons. The summed E-state index contributed by atoms with van der Waals surface area (Å²) in [5, 5.41) is 7.29. The minimum Gasteiger partial charge on any atom is -0.383 e. The van der Waals surface area contributed by atoms with Gasteiger partial charge < -0.3 is 15.4 Å². The van der Waals surface area contributed by atoms with E-state index in [-0.39, 0.29) is 0 Å². The van der Waals surface area contributed by atoms with E-state index in [0.717, 1.165) is 27.8 Å². The Morgan fingerprint density at radius 3 is 2.61 bits per heavy atom. The normalized spacial score (nSPS) is 10.5. The first-order chi connectivity index (χ1) is 11.3. The van der Waals surface area contributed by atoms with Crippen LogP contribution in [0.25, 0.3) is 10.4 Å². The molecular weight excluding hydrogens is 310 g/mol. The van der Waals surface area contributed by atoms with Crippen LogP contribution in [0, 0.1) is 0 Å². The lowest BCUT2D eigenvalue weighted by atomic mass is 10.2. The molecule has 6 nitrogen and oxygen atoms in total. The van der Waals surface area contributed by atoms with Gasteiger partial charge in [0.1, 0.15) is 0 Å². The maximum Gasteiger partial charge on any atom is 0.227 e. The van der Waals surface area contributed by atoms with Gasteiger partial charge in [-0.1, -0.05) is 23.5 Å². The molecule has 2 N–H and O–H groups in total. The second-order valence-corrected chi connectivity index (χ2v) is 5.75. The third kappa shape index (κ3) is 4.24. The summed E-state index contributed by atoms with van der Waals surface area (Å²) in [6.45, 7) is 1.42. The summed E-state index contributed by atoms with van der Waals surface area (Å²) in [6.07, 6.45) is 5.29. The number of nitrogens with one attached hydrogen (secondary N) is 2. The third-order valence-electron chi connectivity index (χ3n) is 3.08. The van der Waals surface area contributed by atoms with Crippen LogP contribution in [-0.2, 0) is 4.74 Å². The number of aromatic nitrogens is 3. The quantitative estimate of drug-likeness (QED) is 0.648. The topological polar surface area (TPSA) is 72.0 Å². The lowest BCUT2D eigenvalue weighted by Crippen LogP contribution is -2.06. The van der Waals surface area contributed by atoms with Crippen molar-refractivity contribution in [3.05, 3.63) is 48.9 Å². The van der Waals surface area contributed by atoms with Gasteiger partial charge in [-0.25, -0.2) is 15.0 Å². The number of rotatable bonds is 7. The monoisotopic (exact) mass is 327 g/mol. The first-order valence-corrected chi connectivity index (χ1v) is 8.00. The predicted octanol–water partition coefficient (Wildman–Crippen LogP) is 3.40. The first kappa shape index (κ1) is 15.4. The zero-order chi connectivity index (χ0) is 15.9. The number of nitrogens with zero attached hydrogens (tertiary/aromatic N) is 3. The molecule has 0 aliphatic rings. The van der Waals surface area contributed by atoms with Crippen LogP contribution in [0.2, 0.25) is 0 Å². The van der Waals surface area contributed by atoms with Crippen LogP contribution in [0.3, 0.4) is 0 Å². The molecule has 0 aliphatic carbocycles. The highest BCUT2D eigenvalue weighted by molar-refractivity contribution is 7.18. The second-order valence-electron chi connectivity index (χ2n) is 4.72. The van der Waals surface area contributed by atoms with Crippen LogP contribution < -0.4 is 10.6 Å². The molecule has 0 atom stereocenters. The zero-order valence-corrected chi connectivity index (χ0v) is 13.5. The number of methoxy groups -OCH3 is 1. The average Bonchev–Trinajstić information content (AvgIpc) is 3.06. The van der Waals surface area contributed by atoms with Crippen molar-refractivity contribution in [1.29, 1.82) is 0 Å². The van der Waals surface area contributed by atoms with Gasteiger partial charge in [0, 0.05) is 37.9 Å². The molecule has 0 aliphatic heterocycles. The summed E-state index contributed by atoms with van der Waals surface area (Å²) in [4.78, 5) is 13.8. The molecule has 23 heavy (non-hydrogen) atoms. The molecule has 0 saturated heterocycles. The highest BCUT2D eigenvalue weighted by atomic mass is 32.1. The minimum absolute atomic E-state index is 0.586. The summed E-state index contributed by atoms with van der Waals surface area (Å²) >= 11 is 1.62. The van der Waals surface area contributed by atoms with Gasteiger partial charge >= 0.3 is 0 Å². The van der Waals surface area contributed by atoms with E-state index in [0.29, 0.717) is 12.6 Å². The molecule has 3 aromatic rings. The van der Waals surface area contributed by atoms with Crippen LogP contribution in [0.1, 0.15) is 0 Å². The Morgan fingerprint density at radius 1 is 1.09 bits per heavy atom. The largest absolute Gasteiger partial charge is 0.383 e. The van der Waals surface area contributed by atoms with Crippen molar-refractivity contribution < 1.29 is 4.74 Å². The number of thiazole rings is 1. The van der Waals surface area contributed by atoms with E-state index in [1.807, 2.05) is 18.3 Å². The van der Waals surface area contributed by atoms with Crippen LogP contribution in [0.5, 0.6) is 0 Å². The second kappa shape index (κ2) is 7.66. The molecular formula is C16H17N5OS. The van der Waals surface area contributed by atoms with Crippen molar-refractivity contribution in [1.82, 2.24) is 15.0 Å². The van der Waals surface area contributed by atoms with E-state index < -0.39 is 0 Å². The van der Waals surface area contributed by atoms with Gasteiger partial charge in [-0.15, -0.1) is 0 Å². The summed E-state index contributed by atoms with van der Waals surface area (Å²) in [5.74, 6) is 0.586. The van der Waals surface area contributed by atoms with Crippen molar-refractivity contribution in [2.24, 2.45) is 0 Å². The van der Waals surface area contributed by atoms with Gasteiger partial charge in [-0.05, 0) is 23.8 Å². The average molecular weight is 327 g/mol. The van der Waals surface area contributed by atoms with Crippen molar-refractivity contribution in [3.8, 4) is 10.4 Å². The van der Waals surface area contributed by atoms with Crippen LogP contribution in [0.4, 0.5) is 16.8 Å². The first-order valence-electron chi connectivity index (χ1n) is 7.18. The highest BCUT2D eigenvalue weighted by Crippen LogP contribution is 2.29. The van der Waals surface area contributed by atoms with Gasteiger partial charge in [0.15, 0.2) is 5.13 Å². The van der Waals surface area contributed by atoms with Crippen molar-refractivity contribution in [2.75, 3.05) is 30.9 Å². The lowest BCUT2D eigenvalue weighted by molar-refractivity contribution is 0.211. The third-order valence-corrected chi connectivity index (χ3v) is 4.08. The Balaban J connectivity index is 1.65. The Morgan fingerprint density at radius 2 is 1.87 bits per heavy atom. The fraction of sp³-hybridized carbons (Fsp3) is 0.188. The van der Waals surface area contributed by atoms with E-state index in [1.165, 1.54) is 0 Å². The molecule has 118 valence electrons. The number of ether oxygens (including phenoxy) is 1. The molecule has 0 spiro atoms. The Kier molecular flexibility index (Phi) is 5.13. The number of benzene rings is 1. The molecule has 0 bridgehead atoms. The van der Waals surface area contributed by atoms with Gasteiger partial charge in [-0.3, -0.25) is 0 Å². The molecule has 0 fully saturated rings. The summed E-state index contributed by atoms with van der Waals surface area (Å²) in [6, 6.07) is 9.90. The summed E-state index contributed by atoms with van der Waals surface area (Å²) < 4.78 is 5.01. The lowest BCUT2D eigenvalue weighted by Gasteiger charge is -2.04. The van der Waals surface area contributed by atoms with Crippen LogP contribution in [-0.4, -0.2) is 35.2 Å². The van der Waals surface area contributed by atoms with E-state index in [1.54, 1.807) is 36.9 Å². The number of hydrogen-bond acceptors (Lipinski definition) is 7. The van der Waals surface area contributed by atoms with Gasteiger partial charge in [0.05, 0.1) is 11.5 Å². The van der Waals surface area contributed by atoms with Crippen LogP contribution >= 0.6 is 11.3 Å². The number of anilines is 3. The van der Waals surface area contributed by atoms with Gasteiger partial charge in [-0.2, -0.15) is 0 Å². The molecule has 1 aromatic carbocycles. The molecule has 3 rings (SSSR count). The molecule has 2 aromatic heterocycles. The maximum absolute atomic E-state index is 5.01. The molecule has 0 saturated carbocycles. The standard InChI is InChI=1S/C16H17N5OS/c1-22-10-9-19-16-20-11-14(23-16)12-3-5-13(6-4-12)21-15-17-7-2-8-18-15/h2-8,11H,9-10H2,1H3,(H,19,20)(H,17,18,21). The fourth-order valence-electron chi connectivity index (χ4n) is 1.96. The molecule has 0 unspecified atom stereocenters. The Bertz CT molecular complexity index is 730. The summed E-state index contributed by atoms with van der Waals surface area (Å²) in [7, 11) is 1.69. The van der Waals surface area contributed by atoms with Crippen molar-refractivity contribution in [2.45, 2.75) is 0 Å². The highest BCUT2D eigenvalue weighted by Gasteiger charge is 2.04. The van der Waals surface area contributed by atoms with Crippen molar-refractivity contribution in [3.63, 3.8) is 0 Å². The zero-order valence-electron chi connectivity index (χ0n) is 12.7. The Hall–Kier alpha value is -2.51. The number of hydrogen-bond donors (Lipinski definition) is 2. The maximum atomic E-state index is 5.01.